The quantitative estimate of drug-likeness (QED) is 0.687. The second kappa shape index (κ2) is 4.56. The smallest absolute Gasteiger partial charge is 0.363 e. The van der Waals surface area contributed by atoms with Crippen molar-refractivity contribution in [3.63, 3.8) is 0 Å². The zero-order valence-corrected chi connectivity index (χ0v) is 8.84. The standard InChI is InChI=1S/C6H8N2O4S2/c1-2-13-8-4(6(11)12)14-3(7-8)5(9)10/h4H,2H2,1H3,(H,9,10)(H,11,12). The van der Waals surface area contributed by atoms with Crippen LogP contribution in [-0.2, 0) is 9.59 Å². The van der Waals surface area contributed by atoms with Gasteiger partial charge in [-0.1, -0.05) is 18.7 Å². The van der Waals surface area contributed by atoms with E-state index in [2.05, 4.69) is 5.10 Å². The molecule has 0 aromatic rings. The number of hydrazone groups is 1. The van der Waals surface area contributed by atoms with Gasteiger partial charge in [0.15, 0.2) is 0 Å². The number of hydrogen-bond acceptors (Lipinski definition) is 6. The Bertz CT molecular complexity index is 294. The van der Waals surface area contributed by atoms with Gasteiger partial charge in [-0.05, 0) is 11.9 Å². The predicted molar refractivity (Wildman–Crippen MR) is 54.1 cm³/mol. The van der Waals surface area contributed by atoms with Crippen LogP contribution in [0.4, 0.5) is 0 Å². The molecule has 0 amide bonds. The molecule has 1 unspecified atom stereocenters. The van der Waals surface area contributed by atoms with E-state index < -0.39 is 17.3 Å². The number of carbonyl (C=O) groups is 2. The Balaban J connectivity index is 2.76. The van der Waals surface area contributed by atoms with Gasteiger partial charge in [0.25, 0.3) is 0 Å². The summed E-state index contributed by atoms with van der Waals surface area (Å²) in [4.78, 5) is 21.3. The van der Waals surface area contributed by atoms with Crippen molar-refractivity contribution >= 4 is 40.7 Å². The van der Waals surface area contributed by atoms with E-state index in [1.54, 1.807) is 0 Å². The first kappa shape index (κ1) is 11.2. The maximum Gasteiger partial charge on any atom is 0.363 e. The van der Waals surface area contributed by atoms with Crippen LogP contribution in [0, 0.1) is 0 Å². The molecule has 0 saturated carbocycles. The lowest BCUT2D eigenvalue weighted by molar-refractivity contribution is -0.138. The molecule has 6 nitrogen and oxygen atoms in total. The minimum absolute atomic E-state index is 0.182. The van der Waals surface area contributed by atoms with Crippen LogP contribution in [0.5, 0.6) is 0 Å². The van der Waals surface area contributed by atoms with E-state index in [-0.39, 0.29) is 5.04 Å². The van der Waals surface area contributed by atoms with Crippen molar-refractivity contribution < 1.29 is 19.8 Å². The van der Waals surface area contributed by atoms with Crippen molar-refractivity contribution in [2.75, 3.05) is 5.75 Å². The first-order chi connectivity index (χ1) is 6.56. The lowest BCUT2D eigenvalue weighted by Gasteiger charge is -2.15. The average Bonchev–Trinajstić information content (AvgIpc) is 2.49. The van der Waals surface area contributed by atoms with Crippen molar-refractivity contribution in [2.45, 2.75) is 12.3 Å². The van der Waals surface area contributed by atoms with Crippen LogP contribution in [0.1, 0.15) is 6.92 Å². The first-order valence-corrected chi connectivity index (χ1v) is 5.52. The zero-order valence-electron chi connectivity index (χ0n) is 7.21. The molecule has 0 fully saturated rings. The summed E-state index contributed by atoms with van der Waals surface area (Å²) in [6.07, 6.45) is 0. The van der Waals surface area contributed by atoms with Crippen molar-refractivity contribution in [3.8, 4) is 0 Å². The monoisotopic (exact) mass is 236 g/mol. The van der Waals surface area contributed by atoms with Crippen LogP contribution < -0.4 is 0 Å². The summed E-state index contributed by atoms with van der Waals surface area (Å²) in [6, 6.07) is 0. The number of rotatable bonds is 4. The summed E-state index contributed by atoms with van der Waals surface area (Å²) >= 11 is 1.91. The highest BCUT2D eigenvalue weighted by atomic mass is 32.2. The summed E-state index contributed by atoms with van der Waals surface area (Å²) in [5.74, 6) is -1.64. The molecule has 1 atom stereocenters. The van der Waals surface area contributed by atoms with Crippen LogP contribution >= 0.6 is 23.7 Å². The van der Waals surface area contributed by atoms with E-state index in [0.29, 0.717) is 5.75 Å². The van der Waals surface area contributed by atoms with E-state index in [1.165, 1.54) is 16.4 Å². The summed E-state index contributed by atoms with van der Waals surface area (Å²) in [6.45, 7) is 1.84. The maximum atomic E-state index is 10.7. The summed E-state index contributed by atoms with van der Waals surface area (Å²) in [5, 5.41) is 19.9. The fraction of sp³-hybridized carbons (Fsp3) is 0.500. The second-order valence-electron chi connectivity index (χ2n) is 2.24. The Labute approximate surface area is 88.5 Å². The largest absolute Gasteiger partial charge is 0.479 e. The van der Waals surface area contributed by atoms with Gasteiger partial charge in [-0.25, -0.2) is 14.0 Å². The van der Waals surface area contributed by atoms with Gasteiger partial charge in [-0.3, -0.25) is 0 Å². The molecule has 0 aromatic heterocycles. The zero-order chi connectivity index (χ0) is 10.7. The van der Waals surface area contributed by atoms with E-state index in [9.17, 15) is 9.59 Å². The molecule has 1 aliphatic heterocycles. The fourth-order valence-corrected chi connectivity index (χ4v) is 2.46. The molecule has 2 N–H and O–H groups in total. The Kier molecular flexibility index (Phi) is 3.64. The third kappa shape index (κ3) is 2.32. The SMILES string of the molecule is CCSN1N=C(C(=O)O)SC1C(=O)O. The first-order valence-electron chi connectivity index (χ1n) is 3.69. The van der Waals surface area contributed by atoms with Crippen molar-refractivity contribution in [1.82, 2.24) is 4.41 Å². The maximum absolute atomic E-state index is 10.7. The Morgan fingerprint density at radius 1 is 1.64 bits per heavy atom. The molecule has 14 heavy (non-hydrogen) atoms. The van der Waals surface area contributed by atoms with Gasteiger partial charge in [-0.15, -0.1) is 0 Å². The molecule has 8 heteroatoms. The number of carboxylic acids is 2. The van der Waals surface area contributed by atoms with E-state index >= 15 is 0 Å². The molecule has 78 valence electrons. The molecular formula is C6H8N2O4S2. The van der Waals surface area contributed by atoms with Gasteiger partial charge in [0, 0.05) is 5.75 Å². The third-order valence-electron chi connectivity index (χ3n) is 1.27. The molecule has 1 aliphatic rings. The van der Waals surface area contributed by atoms with E-state index in [0.717, 1.165) is 11.8 Å². The lowest BCUT2D eigenvalue weighted by Crippen LogP contribution is -2.27. The van der Waals surface area contributed by atoms with Gasteiger partial charge in [0.2, 0.25) is 10.4 Å². The molecule has 0 radical (unpaired) electrons. The van der Waals surface area contributed by atoms with Gasteiger partial charge < -0.3 is 10.2 Å². The Morgan fingerprint density at radius 3 is 2.71 bits per heavy atom. The topological polar surface area (TPSA) is 90.2 Å². The average molecular weight is 236 g/mol. The minimum atomic E-state index is -1.19. The van der Waals surface area contributed by atoms with Crippen LogP contribution in [0.2, 0.25) is 0 Å². The van der Waals surface area contributed by atoms with Crippen molar-refractivity contribution in [1.29, 1.82) is 0 Å². The predicted octanol–water partition coefficient (Wildman–Crippen LogP) is 0.512. The molecule has 1 heterocycles. The van der Waals surface area contributed by atoms with Crippen LogP contribution in [0.25, 0.3) is 0 Å². The number of hydrogen-bond donors (Lipinski definition) is 2. The highest BCUT2D eigenvalue weighted by Gasteiger charge is 2.36. The van der Waals surface area contributed by atoms with Gasteiger partial charge in [0.1, 0.15) is 0 Å². The van der Waals surface area contributed by atoms with Gasteiger partial charge in [0.05, 0.1) is 0 Å². The number of aliphatic carboxylic acids is 2. The van der Waals surface area contributed by atoms with E-state index in [4.69, 9.17) is 10.2 Å². The van der Waals surface area contributed by atoms with Gasteiger partial charge in [-0.2, -0.15) is 5.10 Å². The van der Waals surface area contributed by atoms with Crippen LogP contribution in [-0.4, -0.2) is 42.7 Å². The van der Waals surface area contributed by atoms with Crippen LogP contribution in [0.3, 0.4) is 0 Å². The Hall–Kier alpha value is -0.890. The molecule has 0 aromatic carbocycles. The number of thioether (sulfide) groups is 1. The highest BCUT2D eigenvalue weighted by Crippen LogP contribution is 2.31. The highest BCUT2D eigenvalue weighted by molar-refractivity contribution is 8.17. The van der Waals surface area contributed by atoms with Crippen LogP contribution in [0.15, 0.2) is 5.10 Å². The fourth-order valence-electron chi connectivity index (χ4n) is 0.783. The molecular weight excluding hydrogens is 228 g/mol. The molecule has 0 spiro atoms. The Morgan fingerprint density at radius 2 is 2.29 bits per heavy atom. The second-order valence-corrected chi connectivity index (χ2v) is 4.52. The summed E-state index contributed by atoms with van der Waals surface area (Å²) < 4.78 is 1.20. The molecule has 0 saturated heterocycles. The minimum Gasteiger partial charge on any atom is -0.479 e. The number of carboxylic acid groups (broad SMARTS) is 2. The third-order valence-corrected chi connectivity index (χ3v) is 3.32. The van der Waals surface area contributed by atoms with Gasteiger partial charge >= 0.3 is 11.9 Å². The summed E-state index contributed by atoms with van der Waals surface area (Å²) in [7, 11) is 0. The lowest BCUT2D eigenvalue weighted by atomic mass is 10.7. The molecule has 0 bridgehead atoms. The molecule has 1 rings (SSSR count). The molecule has 0 aliphatic carbocycles. The summed E-state index contributed by atoms with van der Waals surface area (Å²) in [5.41, 5.74) is 0. The van der Waals surface area contributed by atoms with Crippen molar-refractivity contribution in [3.05, 3.63) is 0 Å². The number of nitrogens with zero attached hydrogens (tertiary/aromatic N) is 2. The van der Waals surface area contributed by atoms with E-state index in [1.807, 2.05) is 6.92 Å². The van der Waals surface area contributed by atoms with Crippen molar-refractivity contribution in [2.24, 2.45) is 5.10 Å². The normalized spacial score (nSPS) is 20.8.